The van der Waals surface area contributed by atoms with E-state index in [9.17, 15) is 23.1 Å². The molecule has 0 aliphatic carbocycles. The van der Waals surface area contributed by atoms with Gasteiger partial charge in [0.15, 0.2) is 0 Å². The number of nitrogens with zero attached hydrogens (tertiary/aromatic N) is 1. The minimum absolute atomic E-state index is 0.126. The van der Waals surface area contributed by atoms with Gasteiger partial charge in [-0.2, -0.15) is 4.31 Å². The fraction of sp³-hybridized carbons (Fsp3) is 0.417. The van der Waals surface area contributed by atoms with E-state index in [2.05, 4.69) is 0 Å². The van der Waals surface area contributed by atoms with Crippen molar-refractivity contribution < 1.29 is 37.3 Å². The maximum absolute atomic E-state index is 13.1. The summed E-state index contributed by atoms with van der Waals surface area (Å²) in [4.78, 5) is 25.3. The Morgan fingerprint density at radius 1 is 1.03 bits per heavy atom. The summed E-state index contributed by atoms with van der Waals surface area (Å²) in [6, 6.07) is 15.8. The van der Waals surface area contributed by atoms with Crippen molar-refractivity contribution in [2.24, 2.45) is 0 Å². The summed E-state index contributed by atoms with van der Waals surface area (Å²) in [5.41, 5.74) is 0.0639. The predicted molar refractivity (Wildman–Crippen MR) is 123 cm³/mol. The molecule has 0 aromatic heterocycles. The second-order valence-electron chi connectivity index (χ2n) is 8.92. The molecule has 1 amide bonds. The molecular weight excluding hydrogens is 462 g/mol. The van der Waals surface area contributed by atoms with Crippen molar-refractivity contribution in [1.82, 2.24) is 4.31 Å². The maximum atomic E-state index is 13.1. The summed E-state index contributed by atoms with van der Waals surface area (Å²) in [5.74, 6) is -1.56. The third-order valence-corrected chi connectivity index (χ3v) is 6.76. The zero-order valence-electron chi connectivity index (χ0n) is 19.3. The van der Waals surface area contributed by atoms with Gasteiger partial charge in [-0.05, 0) is 38.5 Å². The van der Waals surface area contributed by atoms with Crippen LogP contribution < -0.4 is 0 Å². The Morgan fingerprint density at radius 2 is 1.62 bits per heavy atom. The zero-order valence-corrected chi connectivity index (χ0v) is 20.1. The van der Waals surface area contributed by atoms with Crippen LogP contribution in [-0.4, -0.2) is 66.1 Å². The number of rotatable bonds is 6. The number of esters is 1. The first-order valence-electron chi connectivity index (χ1n) is 10.8. The Balaban J connectivity index is 1.83. The molecule has 10 heteroatoms. The summed E-state index contributed by atoms with van der Waals surface area (Å²) in [5, 5.41) is 11.0. The number of aliphatic hydroxyl groups is 1. The lowest BCUT2D eigenvalue weighted by Gasteiger charge is -2.41. The summed E-state index contributed by atoms with van der Waals surface area (Å²) >= 11 is 0. The first-order valence-corrected chi connectivity index (χ1v) is 12.4. The van der Waals surface area contributed by atoms with Crippen LogP contribution in [0.1, 0.15) is 36.7 Å². The van der Waals surface area contributed by atoms with Crippen molar-refractivity contribution in [3.8, 4) is 0 Å². The molecule has 1 N–H and O–H groups in total. The third kappa shape index (κ3) is 6.55. The van der Waals surface area contributed by atoms with Gasteiger partial charge in [0.1, 0.15) is 29.6 Å². The highest BCUT2D eigenvalue weighted by Crippen LogP contribution is 2.27. The van der Waals surface area contributed by atoms with Crippen molar-refractivity contribution in [2.75, 3.05) is 12.4 Å². The fourth-order valence-electron chi connectivity index (χ4n) is 3.46. The molecule has 9 nitrogen and oxygen atoms in total. The zero-order chi connectivity index (χ0) is 24.9. The molecule has 2 aromatic carbocycles. The molecule has 1 aliphatic heterocycles. The van der Waals surface area contributed by atoms with E-state index in [0.29, 0.717) is 4.31 Å². The molecule has 0 spiro atoms. The molecule has 3 atom stereocenters. The molecule has 1 saturated heterocycles. The molecule has 1 fully saturated rings. The highest BCUT2D eigenvalue weighted by atomic mass is 32.2. The molecule has 3 rings (SSSR count). The second kappa shape index (κ2) is 10.5. The Bertz CT molecular complexity index is 1080. The van der Waals surface area contributed by atoms with Crippen LogP contribution in [0.4, 0.5) is 4.79 Å². The first-order chi connectivity index (χ1) is 16.0. The van der Waals surface area contributed by atoms with Gasteiger partial charge in [-0.1, -0.05) is 48.5 Å². The summed E-state index contributed by atoms with van der Waals surface area (Å²) in [6.45, 7) is 4.60. The number of hydrogen-bond acceptors (Lipinski definition) is 8. The van der Waals surface area contributed by atoms with Crippen molar-refractivity contribution in [3.63, 3.8) is 0 Å². The molecule has 1 heterocycles. The normalized spacial score (nSPS) is 22.1. The van der Waals surface area contributed by atoms with Crippen LogP contribution in [0.25, 0.3) is 0 Å². The predicted octanol–water partition coefficient (Wildman–Crippen LogP) is 2.74. The van der Waals surface area contributed by atoms with Crippen molar-refractivity contribution in [3.05, 3.63) is 71.8 Å². The van der Waals surface area contributed by atoms with Gasteiger partial charge >= 0.3 is 12.1 Å². The number of carbonyl (C=O) groups excluding carboxylic acids is 2. The number of benzene rings is 2. The lowest BCUT2D eigenvalue weighted by atomic mass is 10.1. The molecule has 0 saturated carbocycles. The highest BCUT2D eigenvalue weighted by Gasteiger charge is 2.51. The topological polar surface area (TPSA) is 119 Å². The molecule has 184 valence electrons. The number of aliphatic hydroxyl groups excluding tert-OH is 1. The van der Waals surface area contributed by atoms with E-state index in [1.165, 1.54) is 12.1 Å². The fourth-order valence-corrected chi connectivity index (χ4v) is 5.16. The molecule has 0 radical (unpaired) electrons. The number of hydrogen-bond donors (Lipinski definition) is 1. The van der Waals surface area contributed by atoms with E-state index in [4.69, 9.17) is 14.2 Å². The van der Waals surface area contributed by atoms with E-state index in [1.54, 1.807) is 39.0 Å². The first kappa shape index (κ1) is 25.7. The Hall–Kier alpha value is -2.95. The molecule has 0 bridgehead atoms. The van der Waals surface area contributed by atoms with Gasteiger partial charge in [-0.25, -0.2) is 18.0 Å². The Kier molecular flexibility index (Phi) is 7.96. The Labute approximate surface area is 199 Å². The third-order valence-electron chi connectivity index (χ3n) is 4.99. The minimum Gasteiger partial charge on any atom is -0.455 e. The van der Waals surface area contributed by atoms with Crippen LogP contribution in [0.5, 0.6) is 0 Å². The largest absolute Gasteiger partial charge is 0.455 e. The van der Waals surface area contributed by atoms with E-state index in [1.807, 2.05) is 30.3 Å². The molecule has 34 heavy (non-hydrogen) atoms. The van der Waals surface area contributed by atoms with Crippen molar-refractivity contribution in [1.29, 1.82) is 0 Å². The van der Waals surface area contributed by atoms with Gasteiger partial charge in [0.2, 0.25) is 10.0 Å². The van der Waals surface area contributed by atoms with Gasteiger partial charge in [-0.15, -0.1) is 0 Å². The maximum Gasteiger partial charge on any atom is 0.424 e. The van der Waals surface area contributed by atoms with Crippen molar-refractivity contribution in [2.45, 2.75) is 51.2 Å². The minimum atomic E-state index is -4.31. The van der Waals surface area contributed by atoms with Gasteiger partial charge in [0, 0.05) is 0 Å². The van der Waals surface area contributed by atoms with Gasteiger partial charge in [0.25, 0.3) is 0 Å². The van der Waals surface area contributed by atoms with Crippen LogP contribution in [-0.2, 0) is 30.8 Å². The summed E-state index contributed by atoms with van der Waals surface area (Å²) in [7, 11) is -4.31. The van der Waals surface area contributed by atoms with E-state index < -0.39 is 51.7 Å². The van der Waals surface area contributed by atoms with Crippen LogP contribution >= 0.6 is 0 Å². The summed E-state index contributed by atoms with van der Waals surface area (Å²) < 4.78 is 43.0. The standard InChI is InChI=1S/C24H29NO8S/c1-24(2,3)33-23(28)25-19(15-31-14-17-10-6-4-7-11-17)21(26)20(16-34(25,29)30)32-22(27)18-12-8-5-9-13-18/h4-13,19-21,26H,14-16H2,1-3H3/t19-,20-,21-/m1/s1. The molecule has 0 unspecified atom stereocenters. The summed E-state index contributed by atoms with van der Waals surface area (Å²) in [6.07, 6.45) is -4.06. The average molecular weight is 492 g/mol. The van der Waals surface area contributed by atoms with E-state index in [-0.39, 0.29) is 18.8 Å². The second-order valence-corrected chi connectivity index (χ2v) is 10.8. The number of carbonyl (C=O) groups is 2. The van der Waals surface area contributed by atoms with Crippen molar-refractivity contribution >= 4 is 22.1 Å². The van der Waals surface area contributed by atoms with Crippen LogP contribution in [0, 0.1) is 0 Å². The monoisotopic (exact) mass is 491 g/mol. The van der Waals surface area contributed by atoms with Crippen LogP contribution in [0.3, 0.4) is 0 Å². The number of amides is 1. The van der Waals surface area contributed by atoms with Gasteiger partial charge in [0.05, 0.1) is 18.8 Å². The molecule has 2 aromatic rings. The number of ether oxygens (including phenoxy) is 3. The van der Waals surface area contributed by atoms with Gasteiger partial charge in [-0.3, -0.25) is 0 Å². The number of sulfonamides is 1. The Morgan fingerprint density at radius 3 is 2.21 bits per heavy atom. The molecular formula is C24H29NO8S. The smallest absolute Gasteiger partial charge is 0.424 e. The van der Waals surface area contributed by atoms with Crippen LogP contribution in [0.15, 0.2) is 60.7 Å². The quantitative estimate of drug-likeness (QED) is 0.613. The SMILES string of the molecule is CC(C)(C)OC(=O)N1[C@H](COCc2ccccc2)[C@@H](O)[C@H](OC(=O)c2ccccc2)CS1(=O)=O. The van der Waals surface area contributed by atoms with Crippen LogP contribution in [0.2, 0.25) is 0 Å². The lowest BCUT2D eigenvalue weighted by Crippen LogP contribution is -2.63. The highest BCUT2D eigenvalue weighted by molar-refractivity contribution is 7.89. The van der Waals surface area contributed by atoms with Gasteiger partial charge < -0.3 is 19.3 Å². The average Bonchev–Trinajstić information content (AvgIpc) is 2.76. The lowest BCUT2D eigenvalue weighted by molar-refractivity contribution is -0.0649. The van der Waals surface area contributed by atoms with E-state index >= 15 is 0 Å². The van der Waals surface area contributed by atoms with E-state index in [0.717, 1.165) is 5.56 Å². The molecule has 1 aliphatic rings.